The highest BCUT2D eigenvalue weighted by atomic mass is 16.4. The molecule has 13 heavy (non-hydrogen) atoms. The van der Waals surface area contributed by atoms with Crippen LogP contribution < -0.4 is 5.73 Å². The van der Waals surface area contributed by atoms with Gasteiger partial charge in [0.15, 0.2) is 0 Å². The molecular weight excluding hydrogens is 170 g/mol. The van der Waals surface area contributed by atoms with Crippen molar-refractivity contribution in [3.63, 3.8) is 0 Å². The fourth-order valence-corrected chi connectivity index (χ4v) is 1.29. The molecular formula is C9H19NO3. The molecule has 0 saturated heterocycles. The van der Waals surface area contributed by atoms with Gasteiger partial charge in [-0.1, -0.05) is 6.42 Å². The molecule has 0 saturated carbocycles. The van der Waals surface area contributed by atoms with E-state index in [-0.39, 0.29) is 0 Å². The number of rotatable bonds is 7. The van der Waals surface area contributed by atoms with Crippen molar-refractivity contribution in [2.45, 2.75) is 38.7 Å². The monoisotopic (exact) mass is 189 g/mol. The topological polar surface area (TPSA) is 83.5 Å². The van der Waals surface area contributed by atoms with Gasteiger partial charge in [-0.25, -0.2) is 0 Å². The van der Waals surface area contributed by atoms with E-state index in [1.54, 1.807) is 6.92 Å². The van der Waals surface area contributed by atoms with Crippen LogP contribution in [0.2, 0.25) is 0 Å². The molecule has 0 aliphatic rings. The third kappa shape index (κ3) is 6.54. The van der Waals surface area contributed by atoms with Gasteiger partial charge in [0.25, 0.3) is 0 Å². The number of aliphatic hydroxyl groups excluding tert-OH is 1. The van der Waals surface area contributed by atoms with Crippen molar-refractivity contribution in [2.24, 2.45) is 11.7 Å². The normalized spacial score (nSPS) is 15.3. The summed E-state index contributed by atoms with van der Waals surface area (Å²) < 4.78 is 0. The molecule has 4 nitrogen and oxygen atoms in total. The number of nitrogens with two attached hydrogens (primary N) is 1. The molecule has 2 unspecified atom stereocenters. The fourth-order valence-electron chi connectivity index (χ4n) is 1.29. The Kier molecular flexibility index (Phi) is 6.54. The van der Waals surface area contributed by atoms with Crippen LogP contribution >= 0.6 is 0 Å². The van der Waals surface area contributed by atoms with E-state index >= 15 is 0 Å². The molecule has 0 heterocycles. The van der Waals surface area contributed by atoms with Crippen LogP contribution in [0, 0.1) is 5.92 Å². The lowest BCUT2D eigenvalue weighted by molar-refractivity contribution is -0.143. The average Bonchev–Trinajstić information content (AvgIpc) is 2.02. The minimum absolute atomic E-state index is 0.333. The summed E-state index contributed by atoms with van der Waals surface area (Å²) >= 11 is 0. The minimum atomic E-state index is -0.821. The van der Waals surface area contributed by atoms with Crippen LogP contribution in [-0.2, 0) is 4.79 Å². The molecule has 78 valence electrons. The zero-order valence-electron chi connectivity index (χ0n) is 8.07. The van der Waals surface area contributed by atoms with Crippen molar-refractivity contribution in [1.29, 1.82) is 0 Å². The van der Waals surface area contributed by atoms with Gasteiger partial charge in [-0.05, 0) is 32.7 Å². The van der Waals surface area contributed by atoms with E-state index in [4.69, 9.17) is 15.9 Å². The Bertz CT molecular complexity index is 148. The first-order valence-electron chi connectivity index (χ1n) is 4.68. The number of unbranched alkanes of at least 4 members (excludes halogenated alkanes) is 1. The van der Waals surface area contributed by atoms with Gasteiger partial charge in [0.05, 0.1) is 12.0 Å². The molecule has 0 radical (unpaired) electrons. The van der Waals surface area contributed by atoms with Gasteiger partial charge in [0, 0.05) is 0 Å². The van der Waals surface area contributed by atoms with E-state index in [0.29, 0.717) is 19.4 Å². The second-order valence-corrected chi connectivity index (χ2v) is 3.40. The summed E-state index contributed by atoms with van der Waals surface area (Å²) in [5.74, 6) is -1.25. The third-order valence-corrected chi connectivity index (χ3v) is 1.98. The van der Waals surface area contributed by atoms with Crippen molar-refractivity contribution >= 4 is 5.97 Å². The molecule has 4 heteroatoms. The van der Waals surface area contributed by atoms with Crippen LogP contribution in [0.1, 0.15) is 32.6 Å². The SMILES string of the molecule is CC(O)CC(CCCCN)C(=O)O. The van der Waals surface area contributed by atoms with E-state index < -0.39 is 18.0 Å². The summed E-state index contributed by atoms with van der Waals surface area (Å²) in [6, 6.07) is 0. The van der Waals surface area contributed by atoms with Crippen molar-refractivity contribution in [1.82, 2.24) is 0 Å². The van der Waals surface area contributed by atoms with E-state index in [0.717, 1.165) is 12.8 Å². The second-order valence-electron chi connectivity index (χ2n) is 3.40. The zero-order valence-corrected chi connectivity index (χ0v) is 8.07. The maximum Gasteiger partial charge on any atom is 0.306 e. The predicted molar refractivity (Wildman–Crippen MR) is 50.3 cm³/mol. The van der Waals surface area contributed by atoms with Crippen molar-refractivity contribution < 1.29 is 15.0 Å². The van der Waals surface area contributed by atoms with Crippen LogP contribution in [0.5, 0.6) is 0 Å². The van der Waals surface area contributed by atoms with Crippen LogP contribution in [0.15, 0.2) is 0 Å². The molecule has 4 N–H and O–H groups in total. The quantitative estimate of drug-likeness (QED) is 0.512. The van der Waals surface area contributed by atoms with Gasteiger partial charge >= 0.3 is 5.97 Å². The van der Waals surface area contributed by atoms with Gasteiger partial charge < -0.3 is 15.9 Å². The van der Waals surface area contributed by atoms with E-state index in [1.807, 2.05) is 0 Å². The van der Waals surface area contributed by atoms with E-state index in [2.05, 4.69) is 0 Å². The van der Waals surface area contributed by atoms with E-state index in [1.165, 1.54) is 0 Å². The summed E-state index contributed by atoms with van der Waals surface area (Å²) in [6.07, 6.45) is 2.07. The minimum Gasteiger partial charge on any atom is -0.481 e. The molecule has 0 fully saturated rings. The first-order valence-corrected chi connectivity index (χ1v) is 4.68. The first-order chi connectivity index (χ1) is 6.07. The second kappa shape index (κ2) is 6.86. The molecule has 0 aromatic carbocycles. The number of carboxylic acid groups (broad SMARTS) is 1. The number of carboxylic acids is 1. The lowest BCUT2D eigenvalue weighted by Crippen LogP contribution is -2.19. The smallest absolute Gasteiger partial charge is 0.306 e. The Morgan fingerprint density at radius 2 is 2.08 bits per heavy atom. The first kappa shape index (κ1) is 12.4. The van der Waals surface area contributed by atoms with E-state index in [9.17, 15) is 4.79 Å². The molecule has 0 aliphatic carbocycles. The Balaban J connectivity index is 3.74. The fraction of sp³-hybridized carbons (Fsp3) is 0.889. The van der Waals surface area contributed by atoms with Gasteiger partial charge in [0.2, 0.25) is 0 Å². The summed E-state index contributed by atoms with van der Waals surface area (Å²) in [5.41, 5.74) is 5.30. The van der Waals surface area contributed by atoms with Crippen molar-refractivity contribution in [3.8, 4) is 0 Å². The third-order valence-electron chi connectivity index (χ3n) is 1.98. The van der Waals surface area contributed by atoms with Crippen LogP contribution in [0.25, 0.3) is 0 Å². The van der Waals surface area contributed by atoms with Crippen LogP contribution in [-0.4, -0.2) is 28.8 Å². The number of carbonyl (C=O) groups is 1. The molecule has 0 aliphatic heterocycles. The largest absolute Gasteiger partial charge is 0.481 e. The van der Waals surface area contributed by atoms with Crippen molar-refractivity contribution in [3.05, 3.63) is 0 Å². The van der Waals surface area contributed by atoms with Crippen LogP contribution in [0.3, 0.4) is 0 Å². The molecule has 0 amide bonds. The Labute approximate surface area is 78.7 Å². The molecule has 0 aromatic heterocycles. The number of hydrogen-bond donors (Lipinski definition) is 3. The van der Waals surface area contributed by atoms with Gasteiger partial charge in [-0.2, -0.15) is 0 Å². The molecule has 0 bridgehead atoms. The average molecular weight is 189 g/mol. The van der Waals surface area contributed by atoms with Gasteiger partial charge in [0.1, 0.15) is 0 Å². The zero-order chi connectivity index (χ0) is 10.3. The van der Waals surface area contributed by atoms with Gasteiger partial charge in [-0.15, -0.1) is 0 Å². The molecule has 0 rings (SSSR count). The maximum absolute atomic E-state index is 10.7. The number of aliphatic hydroxyl groups is 1. The van der Waals surface area contributed by atoms with Gasteiger partial charge in [-0.3, -0.25) is 4.79 Å². The lowest BCUT2D eigenvalue weighted by atomic mass is 9.96. The molecule has 0 spiro atoms. The molecule has 0 aromatic rings. The highest BCUT2D eigenvalue weighted by Gasteiger charge is 2.18. The predicted octanol–water partition coefficient (Wildman–Crippen LogP) is 0.587. The van der Waals surface area contributed by atoms with Crippen molar-refractivity contribution in [2.75, 3.05) is 6.54 Å². The Hall–Kier alpha value is -0.610. The Morgan fingerprint density at radius 1 is 1.46 bits per heavy atom. The maximum atomic E-state index is 10.7. The summed E-state index contributed by atoms with van der Waals surface area (Å²) in [5, 5.41) is 17.8. The highest BCUT2D eigenvalue weighted by Crippen LogP contribution is 2.14. The van der Waals surface area contributed by atoms with Crippen LogP contribution in [0.4, 0.5) is 0 Å². The standard InChI is InChI=1S/C9H19NO3/c1-7(11)6-8(9(12)13)4-2-3-5-10/h7-8,11H,2-6,10H2,1H3,(H,12,13). The Morgan fingerprint density at radius 3 is 2.46 bits per heavy atom. The summed E-state index contributed by atoms with van der Waals surface area (Å²) in [4.78, 5) is 10.7. The summed E-state index contributed by atoms with van der Waals surface area (Å²) in [7, 11) is 0. The number of hydrogen-bond acceptors (Lipinski definition) is 3. The molecule has 2 atom stereocenters. The lowest BCUT2D eigenvalue weighted by Gasteiger charge is -2.13. The summed E-state index contributed by atoms with van der Waals surface area (Å²) in [6.45, 7) is 2.21. The number of aliphatic carboxylic acids is 1. The highest BCUT2D eigenvalue weighted by molar-refractivity contribution is 5.69.